The van der Waals surface area contributed by atoms with Gasteiger partial charge in [-0.25, -0.2) is 4.79 Å². The van der Waals surface area contributed by atoms with Gasteiger partial charge in [-0.1, -0.05) is 31.2 Å². The first-order chi connectivity index (χ1) is 11.7. The normalized spacial score (nSPS) is 21.1. The number of nitrogens with one attached hydrogen (secondary N) is 1. The number of rotatable bonds is 5. The Bertz CT molecular complexity index is 605. The van der Waals surface area contributed by atoms with Crippen molar-refractivity contribution in [2.75, 3.05) is 32.8 Å². The van der Waals surface area contributed by atoms with Crippen LogP contribution in [0.25, 0.3) is 0 Å². The van der Waals surface area contributed by atoms with Crippen molar-refractivity contribution in [1.82, 2.24) is 15.1 Å². The second-order valence-electron chi connectivity index (χ2n) is 6.30. The SMILES string of the molecule is CCN1Cc2ccccc2C[C@H]1C(=O)NCCN1CCCOC1=O. The Labute approximate surface area is 142 Å². The van der Waals surface area contributed by atoms with Crippen LogP contribution >= 0.6 is 0 Å². The second-order valence-corrected chi connectivity index (χ2v) is 6.30. The van der Waals surface area contributed by atoms with Crippen molar-refractivity contribution in [3.8, 4) is 0 Å². The zero-order valence-electron chi connectivity index (χ0n) is 14.2. The Kier molecular flexibility index (Phi) is 5.35. The quantitative estimate of drug-likeness (QED) is 0.886. The van der Waals surface area contributed by atoms with Gasteiger partial charge in [0.05, 0.1) is 12.6 Å². The van der Waals surface area contributed by atoms with E-state index in [1.54, 1.807) is 4.90 Å². The maximum atomic E-state index is 12.6. The van der Waals surface area contributed by atoms with E-state index in [0.29, 0.717) is 26.2 Å². The lowest BCUT2D eigenvalue weighted by Crippen LogP contribution is -2.51. The van der Waals surface area contributed by atoms with E-state index in [9.17, 15) is 9.59 Å². The minimum Gasteiger partial charge on any atom is -0.449 e. The summed E-state index contributed by atoms with van der Waals surface area (Å²) >= 11 is 0. The smallest absolute Gasteiger partial charge is 0.409 e. The van der Waals surface area contributed by atoms with Crippen molar-refractivity contribution < 1.29 is 14.3 Å². The monoisotopic (exact) mass is 331 g/mol. The third kappa shape index (κ3) is 3.70. The molecule has 1 saturated heterocycles. The zero-order chi connectivity index (χ0) is 16.9. The summed E-state index contributed by atoms with van der Waals surface area (Å²) in [7, 11) is 0. The molecule has 0 saturated carbocycles. The molecule has 0 spiro atoms. The van der Waals surface area contributed by atoms with Crippen molar-refractivity contribution in [2.24, 2.45) is 0 Å². The van der Waals surface area contributed by atoms with E-state index in [-0.39, 0.29) is 18.0 Å². The number of likely N-dealkylation sites (N-methyl/N-ethyl adjacent to an activating group) is 1. The molecule has 130 valence electrons. The second kappa shape index (κ2) is 7.66. The van der Waals surface area contributed by atoms with E-state index in [4.69, 9.17) is 4.74 Å². The van der Waals surface area contributed by atoms with Gasteiger partial charge in [0.25, 0.3) is 0 Å². The third-order valence-electron chi connectivity index (χ3n) is 4.79. The van der Waals surface area contributed by atoms with Crippen LogP contribution in [-0.4, -0.2) is 60.6 Å². The number of hydrogen-bond donors (Lipinski definition) is 1. The van der Waals surface area contributed by atoms with Crippen molar-refractivity contribution in [2.45, 2.75) is 32.4 Å². The first-order valence-corrected chi connectivity index (χ1v) is 8.69. The molecule has 6 heteroatoms. The molecular formula is C18H25N3O3. The molecule has 1 fully saturated rings. The maximum Gasteiger partial charge on any atom is 0.409 e. The molecule has 2 aliphatic rings. The van der Waals surface area contributed by atoms with E-state index < -0.39 is 0 Å². The molecular weight excluding hydrogens is 306 g/mol. The standard InChI is InChI=1S/C18H25N3O3/c1-2-20-13-15-7-4-3-6-14(15)12-16(20)17(22)19-8-10-21-9-5-11-24-18(21)23/h3-4,6-7,16H,2,5,8-13H2,1H3,(H,19,22)/t16-/m0/s1. The number of ether oxygens (including phenoxy) is 1. The minimum atomic E-state index is -0.280. The Hall–Kier alpha value is -2.08. The Balaban J connectivity index is 1.55. The fourth-order valence-corrected chi connectivity index (χ4v) is 3.40. The van der Waals surface area contributed by atoms with Gasteiger partial charge in [-0.3, -0.25) is 9.69 Å². The molecule has 0 aliphatic carbocycles. The lowest BCUT2D eigenvalue weighted by atomic mass is 9.93. The van der Waals surface area contributed by atoms with Crippen LogP contribution in [0.15, 0.2) is 24.3 Å². The number of hydrogen-bond acceptors (Lipinski definition) is 4. The Morgan fingerprint density at radius 1 is 1.33 bits per heavy atom. The average molecular weight is 331 g/mol. The summed E-state index contributed by atoms with van der Waals surface area (Å²) in [5.41, 5.74) is 2.56. The molecule has 1 N–H and O–H groups in total. The van der Waals surface area contributed by atoms with Crippen LogP contribution in [0, 0.1) is 0 Å². The number of nitrogens with zero attached hydrogens (tertiary/aromatic N) is 2. The highest BCUT2D eigenvalue weighted by molar-refractivity contribution is 5.82. The number of benzene rings is 1. The van der Waals surface area contributed by atoms with Gasteiger partial charge < -0.3 is 15.0 Å². The first-order valence-electron chi connectivity index (χ1n) is 8.69. The molecule has 1 aromatic rings. The summed E-state index contributed by atoms with van der Waals surface area (Å²) in [4.78, 5) is 28.1. The fraction of sp³-hybridized carbons (Fsp3) is 0.556. The number of carbonyl (C=O) groups is 2. The van der Waals surface area contributed by atoms with Crippen LogP contribution in [-0.2, 0) is 22.5 Å². The molecule has 0 radical (unpaired) electrons. The molecule has 2 aliphatic heterocycles. The molecule has 1 aromatic carbocycles. The molecule has 2 amide bonds. The van der Waals surface area contributed by atoms with Gasteiger partial charge in [-0.2, -0.15) is 0 Å². The highest BCUT2D eigenvalue weighted by atomic mass is 16.6. The van der Waals surface area contributed by atoms with Crippen LogP contribution < -0.4 is 5.32 Å². The van der Waals surface area contributed by atoms with E-state index in [1.165, 1.54) is 11.1 Å². The van der Waals surface area contributed by atoms with E-state index in [0.717, 1.165) is 25.9 Å². The van der Waals surface area contributed by atoms with Crippen LogP contribution in [0.3, 0.4) is 0 Å². The number of cyclic esters (lactones) is 1. The Morgan fingerprint density at radius 2 is 2.12 bits per heavy atom. The number of amides is 2. The lowest BCUT2D eigenvalue weighted by molar-refractivity contribution is -0.127. The zero-order valence-corrected chi connectivity index (χ0v) is 14.2. The van der Waals surface area contributed by atoms with Gasteiger partial charge in [-0.15, -0.1) is 0 Å². The molecule has 3 rings (SSSR count). The molecule has 0 aromatic heterocycles. The summed E-state index contributed by atoms with van der Waals surface area (Å²) in [6, 6.07) is 8.17. The van der Waals surface area contributed by atoms with Gasteiger partial charge in [-0.05, 0) is 30.5 Å². The average Bonchev–Trinajstić information content (AvgIpc) is 2.62. The van der Waals surface area contributed by atoms with Crippen LogP contribution in [0.4, 0.5) is 4.79 Å². The van der Waals surface area contributed by atoms with Gasteiger partial charge in [0.2, 0.25) is 5.91 Å². The minimum absolute atomic E-state index is 0.0386. The van der Waals surface area contributed by atoms with E-state index >= 15 is 0 Å². The molecule has 1 atom stereocenters. The van der Waals surface area contributed by atoms with Crippen LogP contribution in [0.5, 0.6) is 0 Å². The van der Waals surface area contributed by atoms with Crippen molar-refractivity contribution in [1.29, 1.82) is 0 Å². The topological polar surface area (TPSA) is 61.9 Å². The molecule has 0 unspecified atom stereocenters. The highest BCUT2D eigenvalue weighted by Crippen LogP contribution is 2.23. The summed E-state index contributed by atoms with van der Waals surface area (Å²) in [6.45, 7) is 5.89. The van der Waals surface area contributed by atoms with Gasteiger partial charge >= 0.3 is 6.09 Å². The first kappa shape index (κ1) is 16.8. The van der Waals surface area contributed by atoms with E-state index in [2.05, 4.69) is 29.3 Å². The largest absolute Gasteiger partial charge is 0.449 e. The van der Waals surface area contributed by atoms with Crippen LogP contribution in [0.2, 0.25) is 0 Å². The third-order valence-corrected chi connectivity index (χ3v) is 4.79. The van der Waals surface area contributed by atoms with Gasteiger partial charge in [0.15, 0.2) is 0 Å². The lowest BCUT2D eigenvalue weighted by Gasteiger charge is -2.35. The van der Waals surface area contributed by atoms with Crippen molar-refractivity contribution >= 4 is 12.0 Å². The summed E-state index contributed by atoms with van der Waals surface area (Å²) in [6.07, 6.45) is 1.31. The number of fused-ring (bicyclic) bond motifs is 1. The van der Waals surface area contributed by atoms with Crippen LogP contribution in [0.1, 0.15) is 24.5 Å². The summed E-state index contributed by atoms with van der Waals surface area (Å²) in [5.74, 6) is 0.0386. The predicted octanol–water partition coefficient (Wildman–Crippen LogP) is 1.39. The predicted molar refractivity (Wildman–Crippen MR) is 90.6 cm³/mol. The molecule has 0 bridgehead atoms. The van der Waals surface area contributed by atoms with Crippen molar-refractivity contribution in [3.05, 3.63) is 35.4 Å². The highest BCUT2D eigenvalue weighted by Gasteiger charge is 2.30. The summed E-state index contributed by atoms with van der Waals surface area (Å²) in [5, 5.41) is 2.99. The molecule has 6 nitrogen and oxygen atoms in total. The number of carbonyl (C=O) groups excluding carboxylic acids is 2. The summed E-state index contributed by atoms with van der Waals surface area (Å²) < 4.78 is 5.00. The van der Waals surface area contributed by atoms with Gasteiger partial charge in [0.1, 0.15) is 0 Å². The fourth-order valence-electron chi connectivity index (χ4n) is 3.40. The maximum absolute atomic E-state index is 12.6. The van der Waals surface area contributed by atoms with E-state index in [1.807, 2.05) is 12.1 Å². The van der Waals surface area contributed by atoms with Crippen molar-refractivity contribution in [3.63, 3.8) is 0 Å². The molecule has 24 heavy (non-hydrogen) atoms. The molecule has 2 heterocycles. The Morgan fingerprint density at radius 3 is 2.88 bits per heavy atom. The van der Waals surface area contributed by atoms with Gasteiger partial charge in [0, 0.05) is 26.2 Å².